The number of hydrogen-bond donors (Lipinski definition) is 1. The van der Waals surface area contributed by atoms with Gasteiger partial charge in [-0.05, 0) is 12.5 Å². The van der Waals surface area contributed by atoms with Gasteiger partial charge in [-0.15, -0.1) is 11.8 Å². The zero-order valence-electron chi connectivity index (χ0n) is 8.54. The van der Waals surface area contributed by atoms with Gasteiger partial charge in [-0.2, -0.15) is 0 Å². The summed E-state index contributed by atoms with van der Waals surface area (Å²) in [6.07, 6.45) is 0. The highest BCUT2D eigenvalue weighted by Gasteiger charge is 2.30. The Morgan fingerprint density at radius 2 is 2.25 bits per heavy atom. The van der Waals surface area contributed by atoms with Crippen molar-refractivity contribution in [2.45, 2.75) is 17.5 Å². The van der Waals surface area contributed by atoms with Crippen molar-refractivity contribution >= 4 is 23.4 Å². The number of nitrogens with zero attached hydrogens (tertiary/aromatic N) is 1. The Hall–Kier alpha value is -1.56. The molecule has 0 aliphatic carbocycles. The topological polar surface area (TPSA) is 72.2 Å². The molecule has 2 atom stereocenters. The first-order valence-corrected chi connectivity index (χ1v) is 5.72. The van der Waals surface area contributed by atoms with E-state index in [0.717, 1.165) is 5.56 Å². The molecule has 1 N–H and O–H groups in total. The molecule has 1 aromatic rings. The van der Waals surface area contributed by atoms with Crippen LogP contribution in [0.25, 0.3) is 0 Å². The number of amides is 1. The molecular weight excluding hydrogens is 228 g/mol. The monoisotopic (exact) mass is 238 g/mol. The van der Waals surface area contributed by atoms with Crippen molar-refractivity contribution in [3.8, 4) is 0 Å². The van der Waals surface area contributed by atoms with Crippen LogP contribution in [-0.2, 0) is 4.79 Å². The lowest BCUT2D eigenvalue weighted by molar-refractivity contribution is -0.384. The van der Waals surface area contributed by atoms with E-state index < -0.39 is 4.92 Å². The molecule has 0 bridgehead atoms. The van der Waals surface area contributed by atoms with Gasteiger partial charge in [-0.25, -0.2) is 0 Å². The van der Waals surface area contributed by atoms with Crippen molar-refractivity contribution in [2.24, 2.45) is 0 Å². The number of benzene rings is 1. The van der Waals surface area contributed by atoms with E-state index in [9.17, 15) is 14.9 Å². The van der Waals surface area contributed by atoms with Crippen LogP contribution in [0.15, 0.2) is 24.3 Å². The molecule has 2 rings (SSSR count). The first-order chi connectivity index (χ1) is 7.58. The zero-order valence-corrected chi connectivity index (χ0v) is 9.36. The van der Waals surface area contributed by atoms with Gasteiger partial charge in [-0.1, -0.05) is 12.1 Å². The van der Waals surface area contributed by atoms with Crippen LogP contribution in [0.2, 0.25) is 0 Å². The van der Waals surface area contributed by atoms with Gasteiger partial charge in [0.1, 0.15) is 5.37 Å². The predicted molar refractivity (Wildman–Crippen MR) is 61.0 cm³/mol. The van der Waals surface area contributed by atoms with Crippen LogP contribution in [-0.4, -0.2) is 16.1 Å². The Kier molecular flexibility index (Phi) is 2.82. The van der Waals surface area contributed by atoms with Crippen molar-refractivity contribution in [1.82, 2.24) is 5.32 Å². The summed E-state index contributed by atoms with van der Waals surface area (Å²) in [5.74, 6) is -0.0264. The molecule has 1 aliphatic rings. The molecule has 6 heteroatoms. The van der Waals surface area contributed by atoms with Gasteiger partial charge in [0.25, 0.3) is 5.69 Å². The molecule has 84 valence electrons. The lowest BCUT2D eigenvalue weighted by atomic mass is 10.2. The Balaban J connectivity index is 2.25. The Morgan fingerprint density at radius 3 is 2.81 bits per heavy atom. The average molecular weight is 238 g/mol. The molecule has 0 radical (unpaired) electrons. The summed E-state index contributed by atoms with van der Waals surface area (Å²) in [6.45, 7) is 1.82. The van der Waals surface area contributed by atoms with E-state index >= 15 is 0 Å². The maximum atomic E-state index is 11.3. The number of hydrogen-bond acceptors (Lipinski definition) is 4. The van der Waals surface area contributed by atoms with Crippen LogP contribution in [0.4, 0.5) is 5.69 Å². The number of rotatable bonds is 2. The number of nitro groups is 1. The Labute approximate surface area is 96.4 Å². The van der Waals surface area contributed by atoms with Crippen LogP contribution >= 0.6 is 11.8 Å². The average Bonchev–Trinajstić information content (AvgIpc) is 2.59. The van der Waals surface area contributed by atoms with Crippen LogP contribution in [0.5, 0.6) is 0 Å². The quantitative estimate of drug-likeness (QED) is 0.630. The molecule has 16 heavy (non-hydrogen) atoms. The molecule has 1 amide bonds. The first-order valence-electron chi connectivity index (χ1n) is 4.78. The minimum Gasteiger partial charge on any atom is -0.339 e. The largest absolute Gasteiger partial charge is 0.339 e. The molecule has 0 spiro atoms. The summed E-state index contributed by atoms with van der Waals surface area (Å²) in [6, 6.07) is 6.34. The number of carbonyl (C=O) groups excluding carboxylic acids is 1. The fraction of sp³-hybridized carbons (Fsp3) is 0.300. The Bertz CT molecular complexity index is 449. The molecule has 5 nitrogen and oxygen atoms in total. The van der Waals surface area contributed by atoms with Crippen molar-refractivity contribution in [3.05, 3.63) is 39.9 Å². The van der Waals surface area contributed by atoms with Gasteiger partial charge in [0.05, 0.1) is 10.2 Å². The molecule has 0 unspecified atom stereocenters. The molecule has 0 saturated carbocycles. The molecular formula is C10H10N2O3S. The number of non-ortho nitro benzene ring substituents is 1. The standard InChI is InChI=1S/C10H10N2O3S/c1-6-9(13)11-10(16-6)7-3-2-4-8(5-7)12(14)15/h2-6,10H,1H3,(H,11,13)/t6-,10-/m1/s1. The summed E-state index contributed by atoms with van der Waals surface area (Å²) in [5, 5.41) is 13.1. The summed E-state index contributed by atoms with van der Waals surface area (Å²) in [7, 11) is 0. The molecule has 1 saturated heterocycles. The minimum atomic E-state index is -0.436. The van der Waals surface area contributed by atoms with Crippen molar-refractivity contribution in [2.75, 3.05) is 0 Å². The summed E-state index contributed by atoms with van der Waals surface area (Å²) in [5.41, 5.74) is 0.809. The molecule has 0 aromatic heterocycles. The van der Waals surface area contributed by atoms with E-state index in [1.54, 1.807) is 12.1 Å². The maximum Gasteiger partial charge on any atom is 0.269 e. The zero-order chi connectivity index (χ0) is 11.7. The van der Waals surface area contributed by atoms with Gasteiger partial charge in [0, 0.05) is 12.1 Å². The normalized spacial score (nSPS) is 24.2. The SMILES string of the molecule is C[C@H]1S[C@H](c2cccc([N+](=O)[O-])c2)NC1=O. The summed E-state index contributed by atoms with van der Waals surface area (Å²) in [4.78, 5) is 21.5. The molecule has 1 heterocycles. The van der Waals surface area contributed by atoms with E-state index in [1.165, 1.54) is 23.9 Å². The van der Waals surface area contributed by atoms with Crippen LogP contribution in [0, 0.1) is 10.1 Å². The highest BCUT2D eigenvalue weighted by atomic mass is 32.2. The molecule has 1 aliphatic heterocycles. The number of thioether (sulfide) groups is 1. The van der Waals surface area contributed by atoms with Crippen molar-refractivity contribution in [1.29, 1.82) is 0 Å². The van der Waals surface area contributed by atoms with Crippen LogP contribution < -0.4 is 5.32 Å². The van der Waals surface area contributed by atoms with Crippen molar-refractivity contribution in [3.63, 3.8) is 0 Å². The Morgan fingerprint density at radius 1 is 1.50 bits per heavy atom. The third-order valence-electron chi connectivity index (χ3n) is 2.37. The van der Waals surface area contributed by atoms with E-state index in [1.807, 2.05) is 6.92 Å². The first kappa shape index (κ1) is 10.9. The minimum absolute atomic E-state index is 0.0264. The lowest BCUT2D eigenvalue weighted by Gasteiger charge is -2.08. The van der Waals surface area contributed by atoms with Gasteiger partial charge in [-0.3, -0.25) is 14.9 Å². The summed E-state index contributed by atoms with van der Waals surface area (Å²) < 4.78 is 0. The van der Waals surface area contributed by atoms with E-state index in [-0.39, 0.29) is 22.2 Å². The van der Waals surface area contributed by atoms with Gasteiger partial charge >= 0.3 is 0 Å². The van der Waals surface area contributed by atoms with E-state index in [2.05, 4.69) is 5.32 Å². The predicted octanol–water partition coefficient (Wildman–Crippen LogP) is 1.84. The maximum absolute atomic E-state index is 11.3. The fourth-order valence-corrected chi connectivity index (χ4v) is 2.60. The van der Waals surface area contributed by atoms with Gasteiger partial charge in [0.15, 0.2) is 0 Å². The summed E-state index contributed by atoms with van der Waals surface area (Å²) >= 11 is 1.46. The third-order valence-corrected chi connectivity index (χ3v) is 3.65. The molecule has 1 aromatic carbocycles. The highest BCUT2D eigenvalue weighted by molar-refractivity contribution is 8.01. The van der Waals surface area contributed by atoms with E-state index in [4.69, 9.17) is 0 Å². The second kappa shape index (κ2) is 4.13. The number of nitro benzene ring substituents is 1. The van der Waals surface area contributed by atoms with Crippen LogP contribution in [0.3, 0.4) is 0 Å². The fourth-order valence-electron chi connectivity index (χ4n) is 1.51. The lowest BCUT2D eigenvalue weighted by Crippen LogP contribution is -2.22. The number of nitrogens with one attached hydrogen (secondary N) is 1. The third kappa shape index (κ3) is 2.01. The van der Waals surface area contributed by atoms with Crippen molar-refractivity contribution < 1.29 is 9.72 Å². The van der Waals surface area contributed by atoms with Crippen LogP contribution in [0.1, 0.15) is 17.9 Å². The second-order valence-corrected chi connectivity index (χ2v) is 4.97. The smallest absolute Gasteiger partial charge is 0.269 e. The van der Waals surface area contributed by atoms with Gasteiger partial charge in [0.2, 0.25) is 5.91 Å². The molecule has 1 fully saturated rings. The number of carbonyl (C=O) groups is 1. The second-order valence-electron chi connectivity index (χ2n) is 3.52. The van der Waals surface area contributed by atoms with Gasteiger partial charge < -0.3 is 5.32 Å². The highest BCUT2D eigenvalue weighted by Crippen LogP contribution is 2.36. The van der Waals surface area contributed by atoms with E-state index in [0.29, 0.717) is 0 Å².